The van der Waals surface area contributed by atoms with E-state index in [1.165, 1.54) is 6.08 Å². The molecular formula is C26H20Cl2O6. The van der Waals surface area contributed by atoms with Crippen LogP contribution in [0.1, 0.15) is 29.9 Å². The van der Waals surface area contributed by atoms with E-state index >= 15 is 0 Å². The van der Waals surface area contributed by atoms with E-state index in [-0.39, 0.29) is 12.2 Å². The van der Waals surface area contributed by atoms with Gasteiger partial charge < -0.3 is 18.9 Å². The molecule has 1 aliphatic heterocycles. The number of ether oxygens (including phenoxy) is 4. The highest BCUT2D eigenvalue weighted by atomic mass is 35.5. The second-order valence-corrected chi connectivity index (χ2v) is 8.12. The van der Waals surface area contributed by atoms with Crippen LogP contribution in [0.4, 0.5) is 0 Å². The van der Waals surface area contributed by atoms with Gasteiger partial charge in [0.2, 0.25) is 0 Å². The Labute approximate surface area is 206 Å². The summed E-state index contributed by atoms with van der Waals surface area (Å²) in [6.45, 7) is 2.43. The van der Waals surface area contributed by atoms with E-state index < -0.39 is 18.2 Å². The molecule has 0 aliphatic carbocycles. The molecule has 3 aromatic carbocycles. The Kier molecular flexibility index (Phi) is 7.40. The molecule has 0 unspecified atom stereocenters. The molecule has 4 rings (SSSR count). The van der Waals surface area contributed by atoms with Gasteiger partial charge in [0.05, 0.1) is 6.61 Å². The maximum atomic E-state index is 12.5. The van der Waals surface area contributed by atoms with E-state index in [2.05, 4.69) is 0 Å². The number of carbonyl (C=O) groups excluding carboxylic acids is 2. The fourth-order valence-corrected chi connectivity index (χ4v) is 3.72. The van der Waals surface area contributed by atoms with Gasteiger partial charge in [0.15, 0.2) is 11.5 Å². The molecule has 0 aromatic heterocycles. The van der Waals surface area contributed by atoms with Gasteiger partial charge in [-0.05, 0) is 42.8 Å². The number of benzene rings is 3. The molecule has 6 nitrogen and oxygen atoms in total. The van der Waals surface area contributed by atoms with Gasteiger partial charge in [0.25, 0.3) is 6.29 Å². The lowest BCUT2D eigenvalue weighted by molar-refractivity contribution is -0.195. The van der Waals surface area contributed by atoms with E-state index in [0.717, 1.165) is 5.56 Å². The largest absolute Gasteiger partial charge is 0.490 e. The van der Waals surface area contributed by atoms with Crippen molar-refractivity contribution in [3.05, 3.63) is 99.0 Å². The first-order valence-corrected chi connectivity index (χ1v) is 11.2. The molecule has 0 bridgehead atoms. The van der Waals surface area contributed by atoms with E-state index in [9.17, 15) is 9.59 Å². The van der Waals surface area contributed by atoms with Gasteiger partial charge in [0, 0.05) is 21.2 Å². The summed E-state index contributed by atoms with van der Waals surface area (Å²) in [6, 6.07) is 19.0. The Morgan fingerprint density at radius 1 is 0.882 bits per heavy atom. The molecule has 8 heteroatoms. The smallest absolute Gasteiger partial charge is 0.348 e. The maximum Gasteiger partial charge on any atom is 0.348 e. The average molecular weight is 499 g/mol. The van der Waals surface area contributed by atoms with Gasteiger partial charge in [-0.2, -0.15) is 0 Å². The summed E-state index contributed by atoms with van der Waals surface area (Å²) < 4.78 is 22.2. The minimum absolute atomic E-state index is 0.204. The molecular weight excluding hydrogens is 479 g/mol. The van der Waals surface area contributed by atoms with Crippen molar-refractivity contribution in [1.29, 1.82) is 0 Å². The molecule has 3 aromatic rings. The molecule has 0 atom stereocenters. The molecule has 1 saturated heterocycles. The third kappa shape index (κ3) is 5.53. The fourth-order valence-electron chi connectivity index (χ4n) is 3.26. The summed E-state index contributed by atoms with van der Waals surface area (Å²) in [5.41, 5.74) is 1.67. The number of rotatable bonds is 7. The van der Waals surface area contributed by atoms with Gasteiger partial charge in [-0.3, -0.25) is 0 Å². The number of esters is 2. The summed E-state index contributed by atoms with van der Waals surface area (Å²) in [7, 11) is 0. The van der Waals surface area contributed by atoms with Crippen LogP contribution >= 0.6 is 23.2 Å². The van der Waals surface area contributed by atoms with Gasteiger partial charge in [-0.15, -0.1) is 0 Å². The summed E-state index contributed by atoms with van der Waals surface area (Å²) in [5.74, 6) is -0.601. The lowest BCUT2D eigenvalue weighted by atomic mass is 10.1. The second kappa shape index (κ2) is 10.6. The zero-order chi connectivity index (χ0) is 24.1. The van der Waals surface area contributed by atoms with Gasteiger partial charge in [-0.1, -0.05) is 65.7 Å². The Morgan fingerprint density at radius 2 is 1.62 bits per heavy atom. The third-order valence-corrected chi connectivity index (χ3v) is 5.50. The number of halogens is 2. The van der Waals surface area contributed by atoms with Crippen LogP contribution in [0.15, 0.2) is 72.3 Å². The van der Waals surface area contributed by atoms with Crippen molar-refractivity contribution in [2.45, 2.75) is 19.8 Å². The van der Waals surface area contributed by atoms with Crippen LogP contribution in [0.2, 0.25) is 10.0 Å². The van der Waals surface area contributed by atoms with E-state index in [0.29, 0.717) is 39.3 Å². The van der Waals surface area contributed by atoms with E-state index in [4.69, 9.17) is 42.1 Å². The number of hydrogen-bond acceptors (Lipinski definition) is 6. The van der Waals surface area contributed by atoms with Crippen molar-refractivity contribution in [3.63, 3.8) is 0 Å². The quantitative estimate of drug-likeness (QED) is 0.221. The summed E-state index contributed by atoms with van der Waals surface area (Å²) in [6.07, 6.45) is 0.321. The van der Waals surface area contributed by atoms with Crippen molar-refractivity contribution in [1.82, 2.24) is 0 Å². The molecule has 1 fully saturated rings. The van der Waals surface area contributed by atoms with Crippen molar-refractivity contribution >= 4 is 41.2 Å². The molecule has 174 valence electrons. The van der Waals surface area contributed by atoms with Crippen LogP contribution in [0.3, 0.4) is 0 Å². The molecule has 34 heavy (non-hydrogen) atoms. The Bertz CT molecular complexity index is 1220. The highest BCUT2D eigenvalue weighted by molar-refractivity contribution is 6.35. The normalized spacial score (nSPS) is 15.4. The SMILES string of the molecule is CCOc1cc(C=C2C(=O)OC(c3ccccc3)OC2=O)ccc1OCc1ccc(Cl)cc1Cl. The Balaban J connectivity index is 1.52. The fraction of sp³-hybridized carbons (Fsp3) is 0.154. The first kappa shape index (κ1) is 23.7. The predicted octanol–water partition coefficient (Wildman–Crippen LogP) is 6.15. The molecule has 0 radical (unpaired) electrons. The van der Waals surface area contributed by atoms with Crippen LogP contribution < -0.4 is 9.47 Å². The third-order valence-electron chi connectivity index (χ3n) is 4.92. The summed E-state index contributed by atoms with van der Waals surface area (Å²) >= 11 is 12.2. The predicted molar refractivity (Wildman–Crippen MR) is 128 cm³/mol. The molecule has 1 heterocycles. The topological polar surface area (TPSA) is 71.1 Å². The zero-order valence-corrected chi connectivity index (χ0v) is 19.6. The van der Waals surface area contributed by atoms with Crippen molar-refractivity contribution in [2.24, 2.45) is 0 Å². The highest BCUT2D eigenvalue weighted by Gasteiger charge is 2.34. The van der Waals surface area contributed by atoms with Crippen LogP contribution in [0.5, 0.6) is 11.5 Å². The minimum Gasteiger partial charge on any atom is -0.490 e. The van der Waals surface area contributed by atoms with Gasteiger partial charge >= 0.3 is 11.9 Å². The van der Waals surface area contributed by atoms with Gasteiger partial charge in [0.1, 0.15) is 12.2 Å². The molecule has 0 N–H and O–H groups in total. The summed E-state index contributed by atoms with van der Waals surface area (Å²) in [5, 5.41) is 1.03. The Hall–Kier alpha value is -3.48. The summed E-state index contributed by atoms with van der Waals surface area (Å²) in [4.78, 5) is 25.0. The highest BCUT2D eigenvalue weighted by Crippen LogP contribution is 2.33. The van der Waals surface area contributed by atoms with Gasteiger partial charge in [-0.25, -0.2) is 9.59 Å². The lowest BCUT2D eigenvalue weighted by Crippen LogP contribution is -2.29. The number of cyclic esters (lactones) is 2. The van der Waals surface area contributed by atoms with E-state index in [1.54, 1.807) is 60.7 Å². The van der Waals surface area contributed by atoms with Crippen LogP contribution in [0, 0.1) is 0 Å². The molecule has 0 spiro atoms. The number of hydrogen-bond donors (Lipinski definition) is 0. The van der Waals surface area contributed by atoms with E-state index in [1.807, 2.05) is 13.0 Å². The molecule has 1 aliphatic rings. The monoisotopic (exact) mass is 498 g/mol. The first-order valence-electron chi connectivity index (χ1n) is 10.5. The van der Waals surface area contributed by atoms with Crippen LogP contribution in [-0.2, 0) is 25.7 Å². The van der Waals surface area contributed by atoms with Crippen LogP contribution in [0.25, 0.3) is 6.08 Å². The standard InChI is InChI=1S/C26H20Cl2O6/c1-2-31-23-13-16(8-11-22(23)32-15-18-9-10-19(27)14-21(18)28)12-20-24(29)33-26(34-25(20)30)17-6-4-3-5-7-17/h3-14,26H,2,15H2,1H3. The Morgan fingerprint density at radius 3 is 2.29 bits per heavy atom. The van der Waals surface area contributed by atoms with Crippen molar-refractivity contribution in [3.8, 4) is 11.5 Å². The maximum absolute atomic E-state index is 12.5. The molecule has 0 amide bonds. The van der Waals surface area contributed by atoms with Crippen LogP contribution in [-0.4, -0.2) is 18.5 Å². The second-order valence-electron chi connectivity index (χ2n) is 7.27. The van der Waals surface area contributed by atoms with Crippen molar-refractivity contribution < 1.29 is 28.5 Å². The lowest BCUT2D eigenvalue weighted by Gasteiger charge is -2.24. The number of carbonyl (C=O) groups is 2. The first-order chi connectivity index (χ1) is 16.4. The zero-order valence-electron chi connectivity index (χ0n) is 18.1. The van der Waals surface area contributed by atoms with Crippen molar-refractivity contribution in [2.75, 3.05) is 6.61 Å². The minimum atomic E-state index is -1.08. The average Bonchev–Trinajstić information content (AvgIpc) is 2.82. The molecule has 0 saturated carbocycles.